The van der Waals surface area contributed by atoms with E-state index in [1.165, 1.54) is 0 Å². The molecule has 0 amide bonds. The van der Waals surface area contributed by atoms with Gasteiger partial charge in [0.1, 0.15) is 5.75 Å². The summed E-state index contributed by atoms with van der Waals surface area (Å²) < 4.78 is 7.68. The highest BCUT2D eigenvalue weighted by Gasteiger charge is 2.11. The Bertz CT molecular complexity index is 981. The lowest BCUT2D eigenvalue weighted by Gasteiger charge is -2.10. The Hall–Kier alpha value is -1.59. The van der Waals surface area contributed by atoms with Gasteiger partial charge < -0.3 is 4.74 Å². The highest BCUT2D eigenvalue weighted by atomic mass is 127. The molecule has 0 fully saturated rings. The average Bonchev–Trinajstić information content (AvgIpc) is 2.59. The Morgan fingerprint density at radius 2 is 1.83 bits per heavy atom. The second kappa shape index (κ2) is 7.53. The van der Waals surface area contributed by atoms with Gasteiger partial charge in [-0.05, 0) is 74.2 Å². The molecule has 0 atom stereocenters. The Morgan fingerprint density at radius 3 is 2.58 bits per heavy atom. The molecule has 4 heteroatoms. The van der Waals surface area contributed by atoms with E-state index in [-0.39, 0.29) is 0 Å². The maximum Gasteiger partial charge on any atom is 0.139 e. The molecule has 0 saturated carbocycles. The van der Waals surface area contributed by atoms with Crippen molar-refractivity contribution in [2.75, 3.05) is 7.11 Å². The van der Waals surface area contributed by atoms with E-state index in [0.717, 1.165) is 34.8 Å². The Kier molecular flexibility index (Phi) is 5.41. The van der Waals surface area contributed by atoms with Crippen LogP contribution in [0.1, 0.15) is 11.1 Å². The predicted molar refractivity (Wildman–Crippen MR) is 116 cm³/mol. The second-order valence-corrected chi connectivity index (χ2v) is 7.61. The van der Waals surface area contributed by atoms with Crippen LogP contribution >= 0.6 is 45.2 Å². The zero-order valence-electron chi connectivity index (χ0n) is 12.9. The summed E-state index contributed by atoms with van der Waals surface area (Å²) in [5.74, 6) is 0.795. The maximum atomic E-state index is 9.74. The Morgan fingerprint density at radius 1 is 1.08 bits per heavy atom. The van der Waals surface area contributed by atoms with E-state index >= 15 is 0 Å². The Labute approximate surface area is 168 Å². The van der Waals surface area contributed by atoms with Crippen LogP contribution in [0.3, 0.4) is 0 Å². The summed E-state index contributed by atoms with van der Waals surface area (Å²) >= 11 is 4.54. The van der Waals surface area contributed by atoms with Crippen molar-refractivity contribution in [1.82, 2.24) is 0 Å². The molecule has 0 aliphatic heterocycles. The first-order valence-electron chi connectivity index (χ1n) is 7.27. The van der Waals surface area contributed by atoms with Crippen LogP contribution in [0.15, 0.2) is 54.6 Å². The molecular weight excluding hydrogens is 524 g/mol. The topological polar surface area (TPSA) is 33.0 Å². The van der Waals surface area contributed by atoms with E-state index in [4.69, 9.17) is 4.74 Å². The van der Waals surface area contributed by atoms with Crippen molar-refractivity contribution >= 4 is 67.6 Å². The van der Waals surface area contributed by atoms with Gasteiger partial charge in [-0.3, -0.25) is 0 Å². The van der Waals surface area contributed by atoms with Crippen LogP contribution in [0.4, 0.5) is 0 Å². The third-order valence-electron chi connectivity index (χ3n) is 3.74. The molecule has 3 aromatic carbocycles. The van der Waals surface area contributed by atoms with Crippen molar-refractivity contribution in [3.8, 4) is 11.8 Å². The number of rotatable bonds is 3. The lowest BCUT2D eigenvalue weighted by molar-refractivity contribution is 0.411. The molecule has 0 bridgehead atoms. The number of allylic oxidation sites excluding steroid dienone is 1. The van der Waals surface area contributed by atoms with Gasteiger partial charge in [0.15, 0.2) is 0 Å². The number of halogens is 2. The summed E-state index contributed by atoms with van der Waals surface area (Å²) in [6, 6.07) is 20.6. The summed E-state index contributed by atoms with van der Waals surface area (Å²) in [5.41, 5.74) is 2.48. The normalized spacial score (nSPS) is 11.3. The minimum absolute atomic E-state index is 0.628. The van der Waals surface area contributed by atoms with E-state index < -0.39 is 0 Å². The minimum Gasteiger partial charge on any atom is -0.495 e. The summed E-state index contributed by atoms with van der Waals surface area (Å²) in [4.78, 5) is 0. The smallest absolute Gasteiger partial charge is 0.139 e. The molecule has 0 aliphatic carbocycles. The van der Waals surface area contributed by atoms with Crippen LogP contribution in [0.2, 0.25) is 0 Å². The molecule has 3 rings (SSSR count). The van der Waals surface area contributed by atoms with E-state index in [1.54, 1.807) is 7.11 Å². The summed E-state index contributed by atoms with van der Waals surface area (Å²) in [6.07, 6.45) is 1.91. The maximum absolute atomic E-state index is 9.74. The fourth-order valence-electron chi connectivity index (χ4n) is 2.69. The van der Waals surface area contributed by atoms with Crippen LogP contribution < -0.4 is 4.74 Å². The highest BCUT2D eigenvalue weighted by Crippen LogP contribution is 2.32. The van der Waals surface area contributed by atoms with Crippen LogP contribution in [0.25, 0.3) is 22.4 Å². The standard InChI is InChI=1S/C20H13I2NO/c1-24-20-14(10-16(21)11-19(20)22)9-15(12-23)18-8-4-6-13-5-2-3-7-17(13)18/h2-11H,1H3/b15-9-. The zero-order valence-corrected chi connectivity index (χ0v) is 17.2. The monoisotopic (exact) mass is 537 g/mol. The predicted octanol–water partition coefficient (Wildman–Crippen LogP) is 6.12. The number of nitrogens with zero attached hydrogens (tertiary/aromatic N) is 1. The number of hydrogen-bond acceptors (Lipinski definition) is 2. The van der Waals surface area contributed by atoms with Crippen molar-refractivity contribution in [2.45, 2.75) is 0 Å². The SMILES string of the molecule is COc1c(I)cc(I)cc1/C=C(/C#N)c1cccc2ccccc12. The van der Waals surface area contributed by atoms with Gasteiger partial charge in [-0.15, -0.1) is 0 Å². The van der Waals surface area contributed by atoms with E-state index in [0.29, 0.717) is 5.57 Å². The molecule has 0 saturated heterocycles. The minimum atomic E-state index is 0.628. The van der Waals surface area contributed by atoms with Gasteiger partial charge in [0, 0.05) is 14.7 Å². The van der Waals surface area contributed by atoms with E-state index in [9.17, 15) is 5.26 Å². The third-order valence-corrected chi connectivity index (χ3v) is 5.17. The zero-order chi connectivity index (χ0) is 17.1. The van der Waals surface area contributed by atoms with Crippen LogP contribution in [-0.2, 0) is 0 Å². The van der Waals surface area contributed by atoms with Crippen LogP contribution in [0.5, 0.6) is 5.75 Å². The van der Waals surface area contributed by atoms with Gasteiger partial charge in [0.05, 0.1) is 22.3 Å². The lowest BCUT2D eigenvalue weighted by Crippen LogP contribution is -1.93. The van der Waals surface area contributed by atoms with Gasteiger partial charge in [-0.25, -0.2) is 0 Å². The molecule has 0 unspecified atom stereocenters. The van der Waals surface area contributed by atoms with Gasteiger partial charge >= 0.3 is 0 Å². The largest absolute Gasteiger partial charge is 0.495 e. The van der Waals surface area contributed by atoms with E-state index in [1.807, 2.05) is 42.5 Å². The van der Waals surface area contributed by atoms with Crippen molar-refractivity contribution < 1.29 is 4.74 Å². The summed E-state index contributed by atoms with van der Waals surface area (Å²) in [7, 11) is 1.66. The quantitative estimate of drug-likeness (QED) is 0.229. The van der Waals surface area contributed by atoms with Gasteiger partial charge in [0.25, 0.3) is 0 Å². The molecule has 2 nitrogen and oxygen atoms in total. The van der Waals surface area contributed by atoms with Crippen molar-refractivity contribution in [2.24, 2.45) is 0 Å². The molecule has 0 radical (unpaired) electrons. The molecule has 118 valence electrons. The highest BCUT2D eigenvalue weighted by molar-refractivity contribution is 14.1. The molecule has 0 aromatic heterocycles. The van der Waals surface area contributed by atoms with Crippen molar-refractivity contribution in [1.29, 1.82) is 5.26 Å². The molecule has 0 heterocycles. The Balaban J connectivity index is 2.23. The van der Waals surface area contributed by atoms with Crippen molar-refractivity contribution in [3.63, 3.8) is 0 Å². The van der Waals surface area contributed by atoms with Gasteiger partial charge in [0.2, 0.25) is 0 Å². The first-order chi connectivity index (χ1) is 11.6. The van der Waals surface area contributed by atoms with Crippen LogP contribution in [0, 0.1) is 18.5 Å². The molecule has 0 spiro atoms. The van der Waals surface area contributed by atoms with Crippen LogP contribution in [-0.4, -0.2) is 7.11 Å². The number of ether oxygens (including phenoxy) is 1. The number of nitriles is 1. The molecule has 3 aromatic rings. The van der Waals surface area contributed by atoms with Gasteiger partial charge in [-0.1, -0.05) is 42.5 Å². The summed E-state index contributed by atoms with van der Waals surface area (Å²) in [6.45, 7) is 0. The number of benzene rings is 3. The number of hydrogen-bond donors (Lipinski definition) is 0. The number of fused-ring (bicyclic) bond motifs is 1. The first kappa shape index (κ1) is 17.2. The molecule has 0 N–H and O–H groups in total. The summed E-state index contributed by atoms with van der Waals surface area (Å²) in [5, 5.41) is 11.9. The van der Waals surface area contributed by atoms with E-state index in [2.05, 4.69) is 69.5 Å². The van der Waals surface area contributed by atoms with Crippen molar-refractivity contribution in [3.05, 3.63) is 72.9 Å². The second-order valence-electron chi connectivity index (χ2n) is 5.21. The lowest BCUT2D eigenvalue weighted by atomic mass is 9.97. The fraction of sp³-hybridized carbons (Fsp3) is 0.0500. The third kappa shape index (κ3) is 3.42. The molecule has 0 aliphatic rings. The molecular formula is C20H13I2NO. The average molecular weight is 537 g/mol. The number of methoxy groups -OCH3 is 1. The fourth-order valence-corrected chi connectivity index (χ4v) is 4.80. The molecule has 24 heavy (non-hydrogen) atoms. The first-order valence-corrected chi connectivity index (χ1v) is 9.42. The van der Waals surface area contributed by atoms with Gasteiger partial charge in [-0.2, -0.15) is 5.26 Å².